The van der Waals surface area contributed by atoms with Gasteiger partial charge in [0.1, 0.15) is 0 Å². The molecule has 0 saturated carbocycles. The molecule has 1 aliphatic rings. The molecule has 1 saturated heterocycles. The summed E-state index contributed by atoms with van der Waals surface area (Å²) in [6, 6.07) is 0.661. The molecule has 0 spiro atoms. The Morgan fingerprint density at radius 3 is 2.69 bits per heavy atom. The molecule has 2 nitrogen and oxygen atoms in total. The van der Waals surface area contributed by atoms with Crippen LogP contribution in [0, 0.1) is 0 Å². The van der Waals surface area contributed by atoms with Gasteiger partial charge in [0.25, 0.3) is 0 Å². The SMILES string of the molecule is CCC1CN(C(C)CNC(C)(C)C)CCS1. The van der Waals surface area contributed by atoms with Gasteiger partial charge < -0.3 is 5.32 Å². The summed E-state index contributed by atoms with van der Waals surface area (Å²) in [5, 5.41) is 4.46. The minimum absolute atomic E-state index is 0.239. The van der Waals surface area contributed by atoms with Crippen LogP contribution in [-0.4, -0.2) is 47.1 Å². The zero-order chi connectivity index (χ0) is 12.2. The molecule has 0 radical (unpaired) electrons. The second-order valence-corrected chi connectivity index (χ2v) is 7.28. The van der Waals surface area contributed by atoms with E-state index >= 15 is 0 Å². The van der Waals surface area contributed by atoms with Crippen molar-refractivity contribution in [2.75, 3.05) is 25.4 Å². The van der Waals surface area contributed by atoms with Crippen molar-refractivity contribution in [3.63, 3.8) is 0 Å². The van der Waals surface area contributed by atoms with Crippen molar-refractivity contribution in [1.82, 2.24) is 10.2 Å². The molecule has 0 bridgehead atoms. The predicted octanol–water partition coefficient (Wildman–Crippen LogP) is 2.59. The summed E-state index contributed by atoms with van der Waals surface area (Å²) in [4.78, 5) is 2.64. The van der Waals surface area contributed by atoms with Gasteiger partial charge in [-0.15, -0.1) is 0 Å². The van der Waals surface area contributed by atoms with Gasteiger partial charge in [-0.3, -0.25) is 4.90 Å². The average Bonchev–Trinajstić information content (AvgIpc) is 2.25. The molecule has 1 fully saturated rings. The number of hydrogen-bond donors (Lipinski definition) is 1. The van der Waals surface area contributed by atoms with Crippen molar-refractivity contribution in [2.45, 2.75) is 57.9 Å². The highest BCUT2D eigenvalue weighted by Crippen LogP contribution is 2.22. The van der Waals surface area contributed by atoms with E-state index in [1.54, 1.807) is 0 Å². The van der Waals surface area contributed by atoms with Gasteiger partial charge in [0.2, 0.25) is 0 Å². The maximum atomic E-state index is 3.60. The molecule has 0 aromatic carbocycles. The van der Waals surface area contributed by atoms with Gasteiger partial charge in [-0.2, -0.15) is 11.8 Å². The number of nitrogens with zero attached hydrogens (tertiary/aromatic N) is 1. The third-order valence-electron chi connectivity index (χ3n) is 3.18. The molecule has 0 aliphatic carbocycles. The maximum absolute atomic E-state index is 3.60. The van der Waals surface area contributed by atoms with Crippen LogP contribution in [0.2, 0.25) is 0 Å². The molecule has 1 aliphatic heterocycles. The van der Waals surface area contributed by atoms with Crippen molar-refractivity contribution in [1.29, 1.82) is 0 Å². The quantitative estimate of drug-likeness (QED) is 0.818. The molecular weight excluding hydrogens is 216 g/mol. The second-order valence-electron chi connectivity index (χ2n) is 5.88. The van der Waals surface area contributed by atoms with E-state index in [4.69, 9.17) is 0 Å². The van der Waals surface area contributed by atoms with E-state index in [0.29, 0.717) is 6.04 Å². The topological polar surface area (TPSA) is 15.3 Å². The number of nitrogens with one attached hydrogen (secondary N) is 1. The first-order chi connectivity index (χ1) is 7.42. The van der Waals surface area contributed by atoms with Crippen LogP contribution in [0.4, 0.5) is 0 Å². The summed E-state index contributed by atoms with van der Waals surface area (Å²) in [6.45, 7) is 15.0. The highest BCUT2D eigenvalue weighted by atomic mass is 32.2. The first-order valence-electron chi connectivity index (χ1n) is 6.53. The third kappa shape index (κ3) is 5.07. The molecule has 3 heteroatoms. The van der Waals surface area contributed by atoms with Gasteiger partial charge in [0.05, 0.1) is 0 Å². The van der Waals surface area contributed by atoms with Crippen molar-refractivity contribution >= 4 is 11.8 Å². The summed E-state index contributed by atoms with van der Waals surface area (Å²) >= 11 is 2.15. The van der Waals surface area contributed by atoms with E-state index in [0.717, 1.165) is 11.8 Å². The molecule has 0 amide bonds. The van der Waals surface area contributed by atoms with Crippen LogP contribution in [0.15, 0.2) is 0 Å². The van der Waals surface area contributed by atoms with Crippen molar-refractivity contribution in [2.24, 2.45) is 0 Å². The van der Waals surface area contributed by atoms with Crippen molar-refractivity contribution in [3.8, 4) is 0 Å². The Morgan fingerprint density at radius 1 is 1.44 bits per heavy atom. The average molecular weight is 244 g/mol. The lowest BCUT2D eigenvalue weighted by atomic mass is 10.1. The lowest BCUT2D eigenvalue weighted by Gasteiger charge is -2.37. The Labute approximate surface area is 106 Å². The van der Waals surface area contributed by atoms with E-state index in [1.807, 2.05) is 0 Å². The van der Waals surface area contributed by atoms with Crippen molar-refractivity contribution in [3.05, 3.63) is 0 Å². The Hall–Kier alpha value is 0.270. The van der Waals surface area contributed by atoms with E-state index < -0.39 is 0 Å². The summed E-state index contributed by atoms with van der Waals surface area (Å²) in [5.74, 6) is 1.30. The van der Waals surface area contributed by atoms with Gasteiger partial charge in [-0.05, 0) is 34.1 Å². The van der Waals surface area contributed by atoms with Crippen LogP contribution >= 0.6 is 11.8 Å². The Morgan fingerprint density at radius 2 is 2.12 bits per heavy atom. The van der Waals surface area contributed by atoms with Gasteiger partial charge >= 0.3 is 0 Å². The molecule has 96 valence electrons. The molecule has 2 unspecified atom stereocenters. The highest BCUT2D eigenvalue weighted by Gasteiger charge is 2.23. The number of thioether (sulfide) groups is 1. The lowest BCUT2D eigenvalue weighted by Crippen LogP contribution is -2.50. The van der Waals surface area contributed by atoms with Crippen LogP contribution < -0.4 is 5.32 Å². The van der Waals surface area contributed by atoms with Gasteiger partial charge in [-0.1, -0.05) is 6.92 Å². The van der Waals surface area contributed by atoms with Gasteiger partial charge in [-0.25, -0.2) is 0 Å². The minimum Gasteiger partial charge on any atom is -0.311 e. The van der Waals surface area contributed by atoms with E-state index in [1.165, 1.54) is 25.3 Å². The Kier molecular flexibility index (Phi) is 5.62. The molecule has 2 atom stereocenters. The van der Waals surface area contributed by atoms with Gasteiger partial charge in [0, 0.05) is 42.2 Å². The number of rotatable bonds is 4. The molecule has 1 N–H and O–H groups in total. The Bertz CT molecular complexity index is 201. The smallest absolute Gasteiger partial charge is 0.0193 e. The van der Waals surface area contributed by atoms with Crippen LogP contribution in [0.3, 0.4) is 0 Å². The normalized spacial score (nSPS) is 25.7. The monoisotopic (exact) mass is 244 g/mol. The summed E-state index contributed by atoms with van der Waals surface area (Å²) in [5.41, 5.74) is 0.239. The van der Waals surface area contributed by atoms with E-state index in [9.17, 15) is 0 Å². The molecule has 1 rings (SSSR count). The minimum atomic E-state index is 0.239. The molecule has 0 aromatic rings. The third-order valence-corrected chi connectivity index (χ3v) is 4.55. The van der Waals surface area contributed by atoms with Crippen LogP contribution in [0.1, 0.15) is 41.0 Å². The molecular formula is C13H28N2S. The standard InChI is InChI=1S/C13H28N2S/c1-6-12-10-15(7-8-16-12)11(2)9-14-13(3,4)5/h11-12,14H,6-10H2,1-5H3. The van der Waals surface area contributed by atoms with Crippen LogP contribution in [0.25, 0.3) is 0 Å². The van der Waals surface area contributed by atoms with E-state index in [2.05, 4.69) is 56.6 Å². The molecule has 0 aromatic heterocycles. The van der Waals surface area contributed by atoms with Crippen LogP contribution in [-0.2, 0) is 0 Å². The zero-order valence-corrected chi connectivity index (χ0v) is 12.4. The molecule has 1 heterocycles. The predicted molar refractivity (Wildman–Crippen MR) is 75.3 cm³/mol. The lowest BCUT2D eigenvalue weighted by molar-refractivity contribution is 0.200. The summed E-state index contributed by atoms with van der Waals surface area (Å²) in [6.07, 6.45) is 1.31. The maximum Gasteiger partial charge on any atom is 0.0193 e. The first-order valence-corrected chi connectivity index (χ1v) is 7.58. The van der Waals surface area contributed by atoms with Crippen LogP contribution in [0.5, 0.6) is 0 Å². The Balaban J connectivity index is 2.32. The fourth-order valence-electron chi connectivity index (χ4n) is 1.97. The van der Waals surface area contributed by atoms with Gasteiger partial charge in [0.15, 0.2) is 0 Å². The fraction of sp³-hybridized carbons (Fsp3) is 1.00. The van der Waals surface area contributed by atoms with E-state index in [-0.39, 0.29) is 5.54 Å². The summed E-state index contributed by atoms with van der Waals surface area (Å²) in [7, 11) is 0. The summed E-state index contributed by atoms with van der Waals surface area (Å²) < 4.78 is 0. The number of hydrogen-bond acceptors (Lipinski definition) is 3. The largest absolute Gasteiger partial charge is 0.311 e. The van der Waals surface area contributed by atoms with Crippen molar-refractivity contribution < 1.29 is 0 Å². The molecule has 16 heavy (non-hydrogen) atoms. The first kappa shape index (κ1) is 14.3. The second kappa shape index (κ2) is 6.27. The fourth-order valence-corrected chi connectivity index (χ4v) is 3.18. The highest BCUT2D eigenvalue weighted by molar-refractivity contribution is 8.00. The zero-order valence-electron chi connectivity index (χ0n) is 11.5.